The Morgan fingerprint density at radius 1 is 1.19 bits per heavy atom. The largest absolute Gasteiger partial charge is 0.361 e. The maximum absolute atomic E-state index is 12.3. The van der Waals surface area contributed by atoms with Crippen molar-refractivity contribution in [1.82, 2.24) is 13.8 Å². The third kappa shape index (κ3) is 4.19. The van der Waals surface area contributed by atoms with E-state index in [1.807, 2.05) is 24.3 Å². The average molecular weight is 367 g/mol. The van der Waals surface area contributed by atoms with E-state index >= 15 is 0 Å². The third-order valence-corrected chi connectivity index (χ3v) is 4.07. The van der Waals surface area contributed by atoms with Crippen molar-refractivity contribution in [2.45, 2.75) is 29.3 Å². The Labute approximate surface area is 142 Å². The van der Waals surface area contributed by atoms with Gasteiger partial charge in [-0.25, -0.2) is 9.36 Å². The van der Waals surface area contributed by atoms with E-state index in [2.05, 4.69) is 25.9 Å². The van der Waals surface area contributed by atoms with Gasteiger partial charge in [-0.2, -0.15) is 0 Å². The highest BCUT2D eigenvalue weighted by Crippen LogP contribution is 2.38. The summed E-state index contributed by atoms with van der Waals surface area (Å²) in [4.78, 5) is 12.3. The first-order valence-electron chi connectivity index (χ1n) is 6.12. The van der Waals surface area contributed by atoms with E-state index < -0.39 is 3.12 Å². The van der Waals surface area contributed by atoms with Crippen LogP contribution in [0.3, 0.4) is 0 Å². The Bertz CT molecular complexity index is 698. The number of rotatable bonds is 2. The summed E-state index contributed by atoms with van der Waals surface area (Å²) in [6, 6.07) is 7.72. The predicted molar refractivity (Wildman–Crippen MR) is 89.8 cm³/mol. The highest BCUT2D eigenvalue weighted by Gasteiger charge is 2.25. The molecule has 0 saturated carbocycles. The molecule has 2 aromatic rings. The summed E-state index contributed by atoms with van der Waals surface area (Å²) < 4.78 is 0.825. The molecule has 0 amide bonds. The van der Waals surface area contributed by atoms with Crippen LogP contribution in [-0.2, 0) is 5.41 Å². The molecule has 4 nitrogen and oxygen atoms in total. The molecule has 1 aromatic heterocycles. The minimum atomic E-state index is -1.64. The monoisotopic (exact) mass is 365 g/mol. The Morgan fingerprint density at radius 3 is 2.43 bits per heavy atom. The molecule has 0 fully saturated rings. The van der Waals surface area contributed by atoms with Crippen LogP contribution in [0.4, 0.5) is 0 Å². The number of nitrogens with zero attached hydrogens (tertiary/aromatic N) is 3. The molecular formula is C13H14Cl3N3OS. The zero-order chi connectivity index (χ0) is 15.8. The van der Waals surface area contributed by atoms with Crippen LogP contribution in [-0.4, -0.2) is 16.9 Å². The summed E-state index contributed by atoms with van der Waals surface area (Å²) in [5.41, 5.74) is 1.46. The van der Waals surface area contributed by atoms with Gasteiger partial charge in [0.2, 0.25) is 0 Å². The van der Waals surface area contributed by atoms with Crippen molar-refractivity contribution in [3.05, 3.63) is 46.6 Å². The van der Waals surface area contributed by atoms with Crippen LogP contribution in [0, 0.1) is 0 Å². The fourth-order valence-electron chi connectivity index (χ4n) is 1.75. The maximum atomic E-state index is 12.3. The number of aromatic nitrogens is 3. The number of benzene rings is 1. The summed E-state index contributed by atoms with van der Waals surface area (Å²) in [7, 11) is 0. The van der Waals surface area contributed by atoms with Gasteiger partial charge in [-0.1, -0.05) is 67.7 Å². The van der Waals surface area contributed by atoms with Crippen molar-refractivity contribution in [3.63, 3.8) is 0 Å². The molecule has 21 heavy (non-hydrogen) atoms. The zero-order valence-corrected chi connectivity index (χ0v) is 14.8. The molecule has 0 N–H and O–H groups in total. The Hall–Kier alpha value is -0.620. The third-order valence-electron chi connectivity index (χ3n) is 2.82. The molecule has 0 atom stereocenters. The van der Waals surface area contributed by atoms with Crippen molar-refractivity contribution in [2.24, 2.45) is 0 Å². The second-order valence-corrected chi connectivity index (χ2v) is 9.59. The average Bonchev–Trinajstić information content (AvgIpc) is 2.68. The quantitative estimate of drug-likeness (QED) is 0.749. The van der Waals surface area contributed by atoms with Gasteiger partial charge < -0.3 is 0 Å². The van der Waals surface area contributed by atoms with Crippen LogP contribution < -0.4 is 5.69 Å². The van der Waals surface area contributed by atoms with Crippen molar-refractivity contribution in [1.29, 1.82) is 0 Å². The number of alkyl halides is 3. The minimum absolute atomic E-state index is 0.0120. The second-order valence-electron chi connectivity index (χ2n) is 5.49. The van der Waals surface area contributed by atoms with Gasteiger partial charge in [0.25, 0.3) is 3.12 Å². The van der Waals surface area contributed by atoms with Gasteiger partial charge >= 0.3 is 5.69 Å². The molecule has 8 heteroatoms. The number of hydrogen-bond acceptors (Lipinski definition) is 3. The summed E-state index contributed by atoms with van der Waals surface area (Å²) in [5, 5.41) is 3.95. The Kier molecular flexibility index (Phi) is 4.69. The standard InChI is InChI=1S/C13H14Cl3N3OS/c1-12(2,3)9-5-4-6-10(7-9)18-8-17-19(11(18)20)21-13(14,15)16/h4-8H,1-3H3. The number of hydrogen-bond donors (Lipinski definition) is 0. The van der Waals surface area contributed by atoms with Gasteiger partial charge in [-0.05, 0) is 23.1 Å². The van der Waals surface area contributed by atoms with Crippen LogP contribution in [0.5, 0.6) is 0 Å². The highest BCUT2D eigenvalue weighted by molar-refractivity contribution is 8.03. The van der Waals surface area contributed by atoms with E-state index in [-0.39, 0.29) is 11.1 Å². The van der Waals surface area contributed by atoms with Crippen LogP contribution in [0.2, 0.25) is 0 Å². The van der Waals surface area contributed by atoms with Crippen molar-refractivity contribution >= 4 is 46.8 Å². The van der Waals surface area contributed by atoms with Crippen LogP contribution >= 0.6 is 46.8 Å². The van der Waals surface area contributed by atoms with Crippen LogP contribution in [0.15, 0.2) is 35.4 Å². The lowest BCUT2D eigenvalue weighted by molar-refractivity contribution is 0.589. The maximum Gasteiger partial charge on any atom is 0.361 e. The van der Waals surface area contributed by atoms with Gasteiger partial charge in [-0.3, -0.25) is 0 Å². The SMILES string of the molecule is CC(C)(C)c1cccc(-n2cnn(SC(Cl)(Cl)Cl)c2=O)c1. The molecule has 2 rings (SSSR count). The van der Waals surface area contributed by atoms with Crippen molar-refractivity contribution in [3.8, 4) is 5.69 Å². The molecule has 0 radical (unpaired) electrons. The number of halogens is 3. The highest BCUT2D eigenvalue weighted by atomic mass is 35.6. The van der Waals surface area contributed by atoms with Gasteiger partial charge in [0, 0.05) is 11.9 Å². The molecule has 0 bridgehead atoms. The van der Waals surface area contributed by atoms with Gasteiger partial charge in [0.05, 0.1) is 5.69 Å². The van der Waals surface area contributed by atoms with E-state index in [0.29, 0.717) is 0 Å². The smallest absolute Gasteiger partial charge is 0.249 e. The lowest BCUT2D eigenvalue weighted by Gasteiger charge is -2.19. The molecule has 1 aromatic carbocycles. The zero-order valence-electron chi connectivity index (χ0n) is 11.7. The van der Waals surface area contributed by atoms with E-state index in [0.717, 1.165) is 27.3 Å². The summed E-state index contributed by atoms with van der Waals surface area (Å²) in [5.74, 6) is 0. The van der Waals surface area contributed by atoms with Gasteiger partial charge in [0.1, 0.15) is 6.33 Å². The molecule has 0 saturated heterocycles. The fourth-order valence-corrected chi connectivity index (χ4v) is 2.79. The van der Waals surface area contributed by atoms with E-state index in [1.54, 1.807) is 0 Å². The Morgan fingerprint density at radius 2 is 1.86 bits per heavy atom. The Balaban J connectivity index is 2.43. The summed E-state index contributed by atoms with van der Waals surface area (Å²) >= 11 is 17.7. The normalized spacial score (nSPS) is 12.7. The topological polar surface area (TPSA) is 39.8 Å². The second kappa shape index (κ2) is 5.88. The van der Waals surface area contributed by atoms with E-state index in [4.69, 9.17) is 34.8 Å². The van der Waals surface area contributed by atoms with E-state index in [1.165, 1.54) is 10.9 Å². The predicted octanol–water partition coefficient (Wildman–Crippen LogP) is 4.16. The molecule has 114 valence electrons. The van der Waals surface area contributed by atoms with Gasteiger partial charge in [-0.15, -0.1) is 9.19 Å². The molecule has 0 aliphatic rings. The van der Waals surface area contributed by atoms with E-state index in [9.17, 15) is 4.79 Å². The molecule has 0 spiro atoms. The van der Waals surface area contributed by atoms with Crippen molar-refractivity contribution in [2.75, 3.05) is 0 Å². The van der Waals surface area contributed by atoms with Crippen molar-refractivity contribution < 1.29 is 0 Å². The minimum Gasteiger partial charge on any atom is -0.249 e. The molecular weight excluding hydrogens is 353 g/mol. The van der Waals surface area contributed by atoms with Crippen LogP contribution in [0.1, 0.15) is 26.3 Å². The van der Waals surface area contributed by atoms with Crippen LogP contribution in [0.25, 0.3) is 5.69 Å². The molecule has 0 aliphatic heterocycles. The van der Waals surface area contributed by atoms with Gasteiger partial charge in [0.15, 0.2) is 0 Å². The summed E-state index contributed by atoms with van der Waals surface area (Å²) in [6.45, 7) is 6.32. The first kappa shape index (κ1) is 16.7. The first-order chi connectivity index (χ1) is 9.58. The molecule has 0 unspecified atom stereocenters. The lowest BCUT2D eigenvalue weighted by Crippen LogP contribution is -2.22. The molecule has 0 aliphatic carbocycles. The first-order valence-corrected chi connectivity index (χ1v) is 8.02. The fraction of sp³-hybridized carbons (Fsp3) is 0.385. The molecule has 1 heterocycles. The lowest BCUT2D eigenvalue weighted by atomic mass is 9.87. The summed E-state index contributed by atoms with van der Waals surface area (Å²) in [6.07, 6.45) is 1.41.